The van der Waals surface area contributed by atoms with Crippen LogP contribution in [-0.4, -0.2) is 77.4 Å². The van der Waals surface area contributed by atoms with Crippen LogP contribution in [0.1, 0.15) is 110 Å². The third-order valence-corrected chi connectivity index (χ3v) is 12.0. The van der Waals surface area contributed by atoms with Crippen LogP contribution in [0, 0.1) is 5.92 Å². The van der Waals surface area contributed by atoms with Gasteiger partial charge in [0.1, 0.15) is 17.3 Å². The Morgan fingerprint density at radius 3 is 2.47 bits per heavy atom. The quantitative estimate of drug-likeness (QED) is 0.121. The van der Waals surface area contributed by atoms with Crippen LogP contribution in [0.2, 0.25) is 0 Å². The smallest absolute Gasteiger partial charge is 0.434 e. The van der Waals surface area contributed by atoms with Gasteiger partial charge in [-0.1, -0.05) is 12.1 Å². The predicted molar refractivity (Wildman–Crippen MR) is 206 cm³/mol. The molecular weight excluding hydrogens is 795 g/mol. The highest BCUT2D eigenvalue weighted by atomic mass is 19.4. The molecule has 2 atom stereocenters. The van der Waals surface area contributed by atoms with E-state index in [9.17, 15) is 37.5 Å². The Bertz CT molecular complexity index is 2570. The number of oxazole rings is 1. The first-order valence-corrected chi connectivity index (χ1v) is 19.8. The second kappa shape index (κ2) is 15.2. The summed E-state index contributed by atoms with van der Waals surface area (Å²) < 4.78 is 80.7. The molecule has 5 aromatic rings. The van der Waals surface area contributed by atoms with Crippen molar-refractivity contribution >= 4 is 45.5 Å². The third-order valence-electron chi connectivity index (χ3n) is 12.0. The standard InChI is InChI=1S/C41H43F5N8O6/c1-39(2,59)25-15-27-31(16-26(25)49-35(56)28-17-47-18-32(48-28)41(44,45)46)60-37(50-27)22-9-7-21(8-10-22)19-53-14-13-24(40(42,43)20-53)23-5-4-6-29-34(23)52(3)38(58)54(29)30-11-12-33(55)51-36(30)57/h4-6,15-18,21-22,24,30,59H,7-14,19-20H2,1-3H3,(H,49,56)(H,51,55,57)/t21?,22?,24-,30?/m0/s1. The molecule has 0 radical (unpaired) electrons. The number of amides is 3. The summed E-state index contributed by atoms with van der Waals surface area (Å²) in [5.74, 6) is -5.74. The van der Waals surface area contributed by atoms with Gasteiger partial charge >= 0.3 is 11.9 Å². The van der Waals surface area contributed by atoms with Crippen molar-refractivity contribution in [2.24, 2.45) is 13.0 Å². The maximum atomic E-state index is 16.2. The Morgan fingerprint density at radius 2 is 1.78 bits per heavy atom. The fraction of sp³-hybridized carbons (Fsp3) is 0.488. The zero-order valence-electron chi connectivity index (χ0n) is 33.0. The van der Waals surface area contributed by atoms with Gasteiger partial charge in [0.2, 0.25) is 11.8 Å². The van der Waals surface area contributed by atoms with Crippen molar-refractivity contribution < 1.29 is 45.9 Å². The van der Waals surface area contributed by atoms with Crippen molar-refractivity contribution in [2.45, 2.75) is 94.4 Å². The number of rotatable bonds is 8. The minimum absolute atomic E-state index is 0.0675. The molecule has 3 N–H and O–H groups in total. The van der Waals surface area contributed by atoms with Gasteiger partial charge in [0.05, 0.1) is 47.2 Å². The van der Waals surface area contributed by atoms with Gasteiger partial charge in [-0.3, -0.25) is 38.7 Å². The number of aryl methyl sites for hydroxylation is 1. The average Bonchev–Trinajstić information content (AvgIpc) is 3.71. The summed E-state index contributed by atoms with van der Waals surface area (Å²) in [4.78, 5) is 64.3. The molecule has 0 spiro atoms. The topological polar surface area (TPSA) is 177 Å². The molecule has 3 amide bonds. The lowest BCUT2D eigenvalue weighted by Gasteiger charge is -2.41. The Balaban J connectivity index is 0.927. The molecule has 1 aliphatic carbocycles. The van der Waals surface area contributed by atoms with Crippen LogP contribution >= 0.6 is 0 Å². The number of piperidine rings is 2. The SMILES string of the molecule is Cn1c(=O)n(C2CCC(=O)NC2=O)c2cccc([C@@H]3CCN(CC4CCC(c5nc6cc(C(C)(C)O)c(NC(=O)c7cncc(C(F)(F)F)n7)cc6o5)CC4)CC3(F)F)c21. The summed E-state index contributed by atoms with van der Waals surface area (Å²) in [5.41, 5.74) is -1.79. The minimum atomic E-state index is -4.80. The van der Waals surface area contributed by atoms with Gasteiger partial charge in [-0.15, -0.1) is 0 Å². The first-order chi connectivity index (χ1) is 28.3. The van der Waals surface area contributed by atoms with E-state index in [-0.39, 0.29) is 42.3 Å². The van der Waals surface area contributed by atoms with Gasteiger partial charge in [-0.05, 0) is 82.5 Å². The molecule has 19 heteroatoms. The molecule has 1 unspecified atom stereocenters. The highest BCUT2D eigenvalue weighted by Crippen LogP contribution is 2.45. The number of carbonyl (C=O) groups excluding carboxylic acids is 3. The zero-order valence-corrected chi connectivity index (χ0v) is 33.0. The molecule has 3 aromatic heterocycles. The first-order valence-electron chi connectivity index (χ1n) is 19.8. The lowest BCUT2D eigenvalue weighted by atomic mass is 9.80. The third kappa shape index (κ3) is 7.79. The van der Waals surface area contributed by atoms with E-state index in [1.54, 1.807) is 29.2 Å². The number of nitrogens with zero attached hydrogens (tertiary/aromatic N) is 6. The molecule has 2 aromatic carbocycles. The van der Waals surface area contributed by atoms with E-state index in [4.69, 9.17) is 4.42 Å². The molecule has 3 aliphatic rings. The number of alkyl halides is 5. The normalized spacial score (nSPS) is 22.9. The molecule has 5 heterocycles. The summed E-state index contributed by atoms with van der Waals surface area (Å²) in [6.07, 6.45) is -0.191. The summed E-state index contributed by atoms with van der Waals surface area (Å²) in [6.45, 7) is 3.42. The number of fused-ring (bicyclic) bond motifs is 2. The first kappa shape index (κ1) is 41.2. The second-order valence-corrected chi connectivity index (χ2v) is 16.7. The molecule has 1 saturated carbocycles. The number of aromatic nitrogens is 5. The average molecular weight is 839 g/mol. The summed E-state index contributed by atoms with van der Waals surface area (Å²) in [6, 6.07) is 6.98. The molecule has 2 aliphatic heterocycles. The van der Waals surface area contributed by atoms with Gasteiger partial charge in [0.15, 0.2) is 17.2 Å². The Hall–Kier alpha value is -5.56. The molecule has 60 heavy (non-hydrogen) atoms. The Labute approximate surface area is 339 Å². The zero-order chi connectivity index (χ0) is 42.9. The number of nitrogens with one attached hydrogen (secondary N) is 2. The summed E-state index contributed by atoms with van der Waals surface area (Å²) >= 11 is 0. The number of hydrogen-bond acceptors (Lipinski definition) is 10. The van der Waals surface area contributed by atoms with E-state index in [0.29, 0.717) is 65.7 Å². The largest absolute Gasteiger partial charge is 0.440 e. The number of likely N-dealkylation sites (tertiary alicyclic amines) is 1. The van der Waals surface area contributed by atoms with E-state index in [1.807, 2.05) is 0 Å². The van der Waals surface area contributed by atoms with Gasteiger partial charge in [-0.25, -0.2) is 23.5 Å². The fourth-order valence-corrected chi connectivity index (χ4v) is 9.06. The van der Waals surface area contributed by atoms with Crippen molar-refractivity contribution in [2.75, 3.05) is 25.0 Å². The number of benzene rings is 2. The van der Waals surface area contributed by atoms with Gasteiger partial charge in [0, 0.05) is 37.6 Å². The molecule has 3 fully saturated rings. The molecular formula is C41H43F5N8O6. The van der Waals surface area contributed by atoms with E-state index in [0.717, 1.165) is 19.0 Å². The Morgan fingerprint density at radius 1 is 1.03 bits per heavy atom. The molecule has 2 saturated heterocycles. The van der Waals surface area contributed by atoms with Crippen LogP contribution in [0.4, 0.5) is 27.6 Å². The summed E-state index contributed by atoms with van der Waals surface area (Å²) in [5, 5.41) is 15.7. The number of imidazole rings is 1. The number of imide groups is 1. The van der Waals surface area contributed by atoms with Crippen LogP contribution in [0.25, 0.3) is 22.1 Å². The van der Waals surface area contributed by atoms with E-state index in [2.05, 4.69) is 25.6 Å². The Kier molecular flexibility index (Phi) is 10.4. The van der Waals surface area contributed by atoms with E-state index < -0.39 is 71.0 Å². The number of carbonyl (C=O) groups is 3. The van der Waals surface area contributed by atoms with Crippen LogP contribution < -0.4 is 16.3 Å². The highest BCUT2D eigenvalue weighted by Gasteiger charge is 2.47. The number of anilines is 1. The lowest BCUT2D eigenvalue weighted by molar-refractivity contribution is -0.141. The maximum absolute atomic E-state index is 16.2. The van der Waals surface area contributed by atoms with Crippen LogP contribution in [0.15, 0.2) is 51.9 Å². The minimum Gasteiger partial charge on any atom is -0.440 e. The monoisotopic (exact) mass is 838 g/mol. The number of halogens is 5. The van der Waals surface area contributed by atoms with Crippen molar-refractivity contribution in [3.63, 3.8) is 0 Å². The highest BCUT2D eigenvalue weighted by molar-refractivity contribution is 6.04. The lowest BCUT2D eigenvalue weighted by Crippen LogP contribution is -2.49. The van der Waals surface area contributed by atoms with E-state index in [1.165, 1.54) is 36.1 Å². The number of hydrogen-bond donors (Lipinski definition) is 3. The van der Waals surface area contributed by atoms with Gasteiger partial charge in [0.25, 0.3) is 11.8 Å². The van der Waals surface area contributed by atoms with Crippen molar-refractivity contribution in [3.05, 3.63) is 81.6 Å². The second-order valence-electron chi connectivity index (χ2n) is 16.7. The molecule has 318 valence electrons. The van der Waals surface area contributed by atoms with Crippen LogP contribution in [-0.2, 0) is 28.4 Å². The molecule has 0 bridgehead atoms. The summed E-state index contributed by atoms with van der Waals surface area (Å²) in [7, 11) is 1.51. The molecule has 14 nitrogen and oxygen atoms in total. The number of para-hydroxylation sites is 1. The van der Waals surface area contributed by atoms with Crippen molar-refractivity contribution in [1.82, 2.24) is 34.3 Å². The number of aliphatic hydroxyl groups is 1. The van der Waals surface area contributed by atoms with Crippen LogP contribution in [0.5, 0.6) is 0 Å². The van der Waals surface area contributed by atoms with E-state index >= 15 is 8.78 Å². The maximum Gasteiger partial charge on any atom is 0.434 e. The predicted octanol–water partition coefficient (Wildman–Crippen LogP) is 6.15. The van der Waals surface area contributed by atoms with Crippen LogP contribution in [0.3, 0.4) is 0 Å². The van der Waals surface area contributed by atoms with Crippen molar-refractivity contribution in [1.29, 1.82) is 0 Å². The van der Waals surface area contributed by atoms with Gasteiger partial charge < -0.3 is 14.8 Å². The van der Waals surface area contributed by atoms with Crippen molar-refractivity contribution in [3.8, 4) is 0 Å². The van der Waals surface area contributed by atoms with Gasteiger partial charge in [-0.2, -0.15) is 13.2 Å². The fourth-order valence-electron chi connectivity index (χ4n) is 9.06. The molecule has 8 rings (SSSR count).